The van der Waals surface area contributed by atoms with Gasteiger partial charge in [-0.3, -0.25) is 0 Å². The van der Waals surface area contributed by atoms with Gasteiger partial charge in [-0.05, 0) is 46.0 Å². The van der Waals surface area contributed by atoms with Gasteiger partial charge in [0, 0.05) is 16.9 Å². The SMILES string of the molecule is CCCc1nc2c(C)c(CO)sc2n1Cc1ccc(-c2ccccc2-c2nnn[nH]2)cc1. The van der Waals surface area contributed by atoms with Crippen molar-refractivity contribution in [3.05, 3.63) is 70.4 Å². The maximum Gasteiger partial charge on any atom is 0.180 e. The molecule has 2 N–H and O–H groups in total. The van der Waals surface area contributed by atoms with Crippen LogP contribution < -0.4 is 0 Å². The van der Waals surface area contributed by atoms with Gasteiger partial charge in [0.1, 0.15) is 16.2 Å². The Hall–Kier alpha value is -3.36. The highest BCUT2D eigenvalue weighted by Gasteiger charge is 2.18. The van der Waals surface area contributed by atoms with Crippen molar-refractivity contribution >= 4 is 21.7 Å². The van der Waals surface area contributed by atoms with Gasteiger partial charge in [0.25, 0.3) is 0 Å². The molecule has 0 aliphatic rings. The number of aliphatic hydroxyl groups excluding tert-OH is 1. The van der Waals surface area contributed by atoms with Crippen LogP contribution in [0.5, 0.6) is 0 Å². The molecule has 5 aromatic rings. The van der Waals surface area contributed by atoms with Crippen LogP contribution in [0, 0.1) is 6.92 Å². The lowest BCUT2D eigenvalue weighted by molar-refractivity contribution is 0.285. The van der Waals surface area contributed by atoms with E-state index in [0.717, 1.165) is 62.7 Å². The third-order valence-corrected chi connectivity index (χ3v) is 7.03. The number of aromatic nitrogens is 6. The minimum atomic E-state index is 0.0603. The van der Waals surface area contributed by atoms with E-state index >= 15 is 0 Å². The van der Waals surface area contributed by atoms with E-state index in [2.05, 4.69) is 62.4 Å². The van der Waals surface area contributed by atoms with Crippen LogP contribution in [-0.4, -0.2) is 35.3 Å². The quantitative estimate of drug-likeness (QED) is 0.378. The largest absolute Gasteiger partial charge is 0.391 e. The van der Waals surface area contributed by atoms with Crippen LogP contribution in [0.15, 0.2) is 48.5 Å². The highest BCUT2D eigenvalue weighted by molar-refractivity contribution is 7.18. The second kappa shape index (κ2) is 8.64. The molecule has 2 aromatic carbocycles. The van der Waals surface area contributed by atoms with E-state index in [1.165, 1.54) is 5.56 Å². The van der Waals surface area contributed by atoms with E-state index in [1.807, 2.05) is 25.1 Å². The maximum atomic E-state index is 9.68. The fourth-order valence-electron chi connectivity index (χ4n) is 4.07. The molecular weight excluding hydrogens is 420 g/mol. The van der Waals surface area contributed by atoms with E-state index in [-0.39, 0.29) is 6.61 Å². The molecule has 0 spiro atoms. The summed E-state index contributed by atoms with van der Waals surface area (Å²) >= 11 is 1.65. The summed E-state index contributed by atoms with van der Waals surface area (Å²) in [5, 5.41) is 24.0. The number of hydrogen-bond donors (Lipinski definition) is 2. The van der Waals surface area contributed by atoms with Crippen molar-refractivity contribution in [3.8, 4) is 22.5 Å². The van der Waals surface area contributed by atoms with Gasteiger partial charge < -0.3 is 9.67 Å². The monoisotopic (exact) mass is 444 g/mol. The Balaban J connectivity index is 1.49. The topological polar surface area (TPSA) is 92.5 Å². The summed E-state index contributed by atoms with van der Waals surface area (Å²) in [5.74, 6) is 1.76. The van der Waals surface area contributed by atoms with Crippen LogP contribution in [0.1, 0.15) is 35.2 Å². The second-order valence-corrected chi connectivity index (χ2v) is 8.90. The molecule has 0 fully saturated rings. The Morgan fingerprint density at radius 1 is 1.06 bits per heavy atom. The molecule has 3 heterocycles. The summed E-state index contributed by atoms with van der Waals surface area (Å²) in [7, 11) is 0. The van der Waals surface area contributed by atoms with E-state index in [9.17, 15) is 5.11 Å². The number of H-pyrrole nitrogens is 1. The standard InChI is InChI=1S/C24H24N6OS/c1-3-6-21-25-22-15(2)20(14-31)32-24(22)30(21)13-16-9-11-17(12-10-16)18-7-4-5-8-19(18)23-26-28-29-27-23/h4-5,7-12,31H,3,6,13-14H2,1-2H3,(H,26,27,28,29). The number of aliphatic hydroxyl groups is 1. The molecule has 8 heteroatoms. The van der Waals surface area contributed by atoms with E-state index in [4.69, 9.17) is 4.98 Å². The summed E-state index contributed by atoms with van der Waals surface area (Å²) in [6, 6.07) is 16.7. The lowest BCUT2D eigenvalue weighted by Gasteiger charge is -2.11. The molecule has 7 nitrogen and oxygen atoms in total. The number of tetrazole rings is 1. The van der Waals surface area contributed by atoms with Gasteiger partial charge in [0.15, 0.2) is 5.82 Å². The summed E-state index contributed by atoms with van der Waals surface area (Å²) in [5.41, 5.74) is 6.49. The predicted molar refractivity (Wildman–Crippen MR) is 126 cm³/mol. The Labute approximate surface area is 189 Å². The number of aromatic amines is 1. The Bertz CT molecular complexity index is 1350. The molecule has 0 saturated carbocycles. The van der Waals surface area contributed by atoms with Crippen molar-refractivity contribution in [1.82, 2.24) is 30.2 Å². The Morgan fingerprint density at radius 2 is 1.84 bits per heavy atom. The third-order valence-electron chi connectivity index (χ3n) is 5.74. The van der Waals surface area contributed by atoms with E-state index in [0.29, 0.717) is 5.82 Å². The van der Waals surface area contributed by atoms with Crippen molar-refractivity contribution in [2.75, 3.05) is 0 Å². The smallest absolute Gasteiger partial charge is 0.180 e. The van der Waals surface area contributed by atoms with Gasteiger partial charge in [0.05, 0.1) is 13.2 Å². The number of nitrogens with one attached hydrogen (secondary N) is 1. The molecule has 0 saturated heterocycles. The molecule has 0 aliphatic carbocycles. The van der Waals surface area contributed by atoms with Gasteiger partial charge >= 0.3 is 0 Å². The van der Waals surface area contributed by atoms with E-state index in [1.54, 1.807) is 11.3 Å². The lowest BCUT2D eigenvalue weighted by atomic mass is 9.98. The van der Waals surface area contributed by atoms with Crippen LogP contribution in [0.3, 0.4) is 0 Å². The first-order valence-electron chi connectivity index (χ1n) is 10.7. The molecule has 5 rings (SSSR count). The summed E-state index contributed by atoms with van der Waals surface area (Å²) < 4.78 is 2.30. The number of rotatable bonds is 7. The first kappa shape index (κ1) is 20.5. The molecule has 0 bridgehead atoms. The Morgan fingerprint density at radius 3 is 2.53 bits per heavy atom. The number of benzene rings is 2. The minimum absolute atomic E-state index is 0.0603. The van der Waals surface area contributed by atoms with Crippen molar-refractivity contribution in [1.29, 1.82) is 0 Å². The predicted octanol–water partition coefficient (Wildman–Crippen LogP) is 4.75. The lowest BCUT2D eigenvalue weighted by Crippen LogP contribution is -2.04. The van der Waals surface area contributed by atoms with Crippen molar-refractivity contribution < 1.29 is 5.11 Å². The van der Waals surface area contributed by atoms with Crippen LogP contribution in [-0.2, 0) is 19.6 Å². The summed E-state index contributed by atoms with van der Waals surface area (Å²) in [6.07, 6.45) is 1.98. The molecule has 32 heavy (non-hydrogen) atoms. The molecule has 0 aliphatic heterocycles. The molecule has 0 amide bonds. The molecule has 0 radical (unpaired) electrons. The molecular formula is C24H24N6OS. The molecule has 0 atom stereocenters. The van der Waals surface area contributed by atoms with Gasteiger partial charge in [0.2, 0.25) is 0 Å². The van der Waals surface area contributed by atoms with Crippen LogP contribution in [0.4, 0.5) is 0 Å². The highest BCUT2D eigenvalue weighted by atomic mass is 32.1. The first-order chi connectivity index (χ1) is 15.7. The van der Waals surface area contributed by atoms with Crippen molar-refractivity contribution in [2.24, 2.45) is 0 Å². The zero-order chi connectivity index (χ0) is 22.1. The van der Waals surface area contributed by atoms with Crippen LogP contribution >= 0.6 is 11.3 Å². The fourth-order valence-corrected chi connectivity index (χ4v) is 5.19. The number of thiophene rings is 1. The van der Waals surface area contributed by atoms with Gasteiger partial charge in [-0.1, -0.05) is 55.5 Å². The van der Waals surface area contributed by atoms with Crippen molar-refractivity contribution in [3.63, 3.8) is 0 Å². The summed E-state index contributed by atoms with van der Waals surface area (Å²) in [4.78, 5) is 7.05. The number of hydrogen-bond acceptors (Lipinski definition) is 6. The van der Waals surface area contributed by atoms with Gasteiger partial charge in [-0.2, -0.15) is 0 Å². The second-order valence-electron chi connectivity index (χ2n) is 7.82. The first-order valence-corrected chi connectivity index (χ1v) is 11.5. The summed E-state index contributed by atoms with van der Waals surface area (Å²) in [6.45, 7) is 5.04. The van der Waals surface area contributed by atoms with Gasteiger partial charge in [-0.15, -0.1) is 16.4 Å². The maximum absolute atomic E-state index is 9.68. The number of imidazole rings is 1. The molecule has 162 valence electrons. The zero-order valence-corrected chi connectivity index (χ0v) is 18.9. The average Bonchev–Trinajstić information content (AvgIpc) is 3.54. The average molecular weight is 445 g/mol. The molecule has 3 aromatic heterocycles. The highest BCUT2D eigenvalue weighted by Crippen LogP contribution is 2.33. The van der Waals surface area contributed by atoms with Crippen LogP contribution in [0.25, 0.3) is 32.9 Å². The number of aryl methyl sites for hydroxylation is 2. The normalized spacial score (nSPS) is 11.5. The van der Waals surface area contributed by atoms with Crippen molar-refractivity contribution in [2.45, 2.75) is 39.8 Å². The number of nitrogens with zero attached hydrogens (tertiary/aromatic N) is 5. The fraction of sp³-hybridized carbons (Fsp3) is 0.250. The van der Waals surface area contributed by atoms with Gasteiger partial charge in [-0.25, -0.2) is 10.1 Å². The zero-order valence-electron chi connectivity index (χ0n) is 18.0. The van der Waals surface area contributed by atoms with Crippen LogP contribution in [0.2, 0.25) is 0 Å². The number of fused-ring (bicyclic) bond motifs is 1. The molecule has 0 unspecified atom stereocenters. The van der Waals surface area contributed by atoms with E-state index < -0.39 is 0 Å². The minimum Gasteiger partial charge on any atom is -0.391 e. The third kappa shape index (κ3) is 3.61. The Kier molecular flexibility index (Phi) is 5.55.